The number of aliphatic hydroxyl groups excluding tert-OH is 2. The lowest BCUT2D eigenvalue weighted by Crippen LogP contribution is -2.62. The maximum absolute atomic E-state index is 13.6. The van der Waals surface area contributed by atoms with Gasteiger partial charge in [-0.15, -0.1) is 0 Å². The molecule has 1 fully saturated rings. The van der Waals surface area contributed by atoms with Gasteiger partial charge in [-0.05, 0) is 58.4 Å². The molecule has 0 radical (unpaired) electrons. The van der Waals surface area contributed by atoms with Crippen LogP contribution in [0.1, 0.15) is 52.0 Å². The Morgan fingerprint density at radius 1 is 0.948 bits per heavy atom. The largest absolute Gasteiger partial charge is 0.469 e. The van der Waals surface area contributed by atoms with Gasteiger partial charge in [0.25, 0.3) is 0 Å². The molecule has 0 aliphatic carbocycles. The third-order valence-corrected chi connectivity index (χ3v) is 9.50. The van der Waals surface area contributed by atoms with E-state index in [4.69, 9.17) is 17.2 Å². The second-order valence-corrected chi connectivity index (χ2v) is 14.9. The zero-order valence-corrected chi connectivity index (χ0v) is 33.2. The molecule has 6 amide bonds. The second kappa shape index (κ2) is 23.4. The molecule has 0 aromatic heterocycles. The lowest BCUT2D eigenvalue weighted by Gasteiger charge is -2.30. The molecule has 0 spiro atoms. The fourth-order valence-corrected chi connectivity index (χ4v) is 6.45. The molecule has 1 heterocycles. The number of benzene rings is 1. The van der Waals surface area contributed by atoms with E-state index >= 15 is 0 Å². The van der Waals surface area contributed by atoms with E-state index in [2.05, 4.69) is 36.1 Å². The summed E-state index contributed by atoms with van der Waals surface area (Å²) in [6, 6.07) is -0.993. The number of aliphatic hydroxyl groups is 2. The number of hydrogen-bond acceptors (Lipinski definition) is 13. The first-order valence-corrected chi connectivity index (χ1v) is 19.9. The normalized spacial score (nSPS) is 18.1. The number of nitrogens with two attached hydrogens (primary N) is 3. The third kappa shape index (κ3) is 16.1. The summed E-state index contributed by atoms with van der Waals surface area (Å²) in [4.78, 5) is 115. The average molecular weight is 843 g/mol. The van der Waals surface area contributed by atoms with E-state index in [1.165, 1.54) is 11.8 Å². The zero-order chi connectivity index (χ0) is 43.7. The van der Waals surface area contributed by atoms with Gasteiger partial charge in [-0.2, -0.15) is 0 Å². The molecule has 1 saturated heterocycles. The van der Waals surface area contributed by atoms with Crippen LogP contribution >= 0.6 is 7.82 Å². The van der Waals surface area contributed by atoms with Crippen LogP contribution in [0.3, 0.4) is 0 Å². The number of guanidine groups is 1. The molecule has 24 heteroatoms. The number of aliphatic imine (C=N–C) groups is 1. The molecule has 1 aliphatic rings. The van der Waals surface area contributed by atoms with Crippen molar-refractivity contribution < 1.29 is 62.7 Å². The molecule has 0 bridgehead atoms. The van der Waals surface area contributed by atoms with Crippen LogP contribution < -0.4 is 43.8 Å². The monoisotopic (exact) mass is 842 g/mol. The van der Waals surface area contributed by atoms with Crippen LogP contribution in [0.2, 0.25) is 0 Å². The molecule has 0 unspecified atom stereocenters. The van der Waals surface area contributed by atoms with Crippen molar-refractivity contribution in [3.05, 3.63) is 35.9 Å². The molecule has 23 nitrogen and oxygen atoms in total. The number of carbonyl (C=O) groups excluding carboxylic acids is 7. The van der Waals surface area contributed by atoms with Gasteiger partial charge in [0.15, 0.2) is 5.96 Å². The van der Waals surface area contributed by atoms with E-state index in [-0.39, 0.29) is 38.3 Å². The number of likely N-dealkylation sites (tertiary alicyclic amines) is 1. The first kappa shape index (κ1) is 49.1. The summed E-state index contributed by atoms with van der Waals surface area (Å²) in [5.41, 5.74) is 17.2. The molecule has 0 saturated carbocycles. The summed E-state index contributed by atoms with van der Waals surface area (Å²) in [5.74, 6) is -5.97. The number of nitrogens with zero attached hydrogens (tertiary/aromatic N) is 2. The molecule has 15 N–H and O–H groups in total. The minimum atomic E-state index is -5.29. The van der Waals surface area contributed by atoms with E-state index in [1.54, 1.807) is 30.3 Å². The molecule has 2 rings (SSSR count). The van der Waals surface area contributed by atoms with Crippen molar-refractivity contribution in [2.24, 2.45) is 22.2 Å². The van der Waals surface area contributed by atoms with Gasteiger partial charge in [0.05, 0.1) is 30.9 Å². The highest BCUT2D eigenvalue weighted by Crippen LogP contribution is 2.38. The Balaban J connectivity index is 2.16. The van der Waals surface area contributed by atoms with E-state index in [9.17, 15) is 58.1 Å². The number of phosphoric ester groups is 1. The summed E-state index contributed by atoms with van der Waals surface area (Å²) in [5, 5.41) is 31.7. The van der Waals surface area contributed by atoms with Gasteiger partial charge in [0, 0.05) is 13.1 Å². The van der Waals surface area contributed by atoms with Gasteiger partial charge >= 0.3 is 7.82 Å². The SMILES string of the molecule is C[C@H](NC(=O)[C@@H](NC(=O)[C@H](CO)NC(=O)[C@@H](NC(=O)[C@@H](N)CCCN=C(N)N)[C@@H](C)O)[C@@H](C)OP(=O)(O)O)C(=O)N1CCC[C@H]1C(=O)N[C@H](C=O)Cc1ccccc1. The van der Waals surface area contributed by atoms with Crippen LogP contribution in [-0.4, -0.2) is 147 Å². The van der Waals surface area contributed by atoms with Crippen LogP contribution in [-0.2, 0) is 49.1 Å². The topological polar surface area (TPSA) is 381 Å². The number of hydrogen-bond donors (Lipinski definition) is 12. The van der Waals surface area contributed by atoms with Gasteiger partial charge in [-0.3, -0.25) is 38.3 Å². The van der Waals surface area contributed by atoms with Crippen molar-refractivity contribution in [1.82, 2.24) is 31.5 Å². The molecular formula is C34H55N10O13P. The van der Waals surface area contributed by atoms with Crippen molar-refractivity contribution >= 4 is 55.5 Å². The predicted octanol–water partition coefficient (Wildman–Crippen LogP) is -4.89. The highest BCUT2D eigenvalue weighted by molar-refractivity contribution is 7.46. The second-order valence-electron chi connectivity index (χ2n) is 13.7. The molecule has 1 aromatic carbocycles. The fraction of sp³-hybridized carbons (Fsp3) is 0.588. The van der Waals surface area contributed by atoms with Crippen LogP contribution in [0.15, 0.2) is 35.3 Å². The van der Waals surface area contributed by atoms with E-state index in [0.29, 0.717) is 19.1 Å². The predicted molar refractivity (Wildman–Crippen MR) is 206 cm³/mol. The average Bonchev–Trinajstić information content (AvgIpc) is 3.65. The number of phosphoric acid groups is 1. The van der Waals surface area contributed by atoms with Crippen molar-refractivity contribution in [3.8, 4) is 0 Å². The maximum Gasteiger partial charge on any atom is 0.469 e. The van der Waals surface area contributed by atoms with Gasteiger partial charge < -0.3 is 73.5 Å². The van der Waals surface area contributed by atoms with E-state index in [1.807, 2.05) is 0 Å². The molecular weight excluding hydrogens is 787 g/mol. The quantitative estimate of drug-likeness (QED) is 0.0162. The number of amides is 6. The number of rotatable bonds is 23. The van der Waals surface area contributed by atoms with Crippen molar-refractivity contribution in [2.45, 2.75) is 107 Å². The van der Waals surface area contributed by atoms with Gasteiger partial charge in [-0.25, -0.2) is 4.57 Å². The highest BCUT2D eigenvalue weighted by atomic mass is 31.2. The molecule has 9 atom stereocenters. The van der Waals surface area contributed by atoms with Crippen molar-refractivity contribution in [1.29, 1.82) is 0 Å². The Morgan fingerprint density at radius 2 is 1.57 bits per heavy atom. The number of nitrogens with one attached hydrogen (secondary N) is 5. The van der Waals surface area contributed by atoms with Crippen LogP contribution in [0.4, 0.5) is 0 Å². The lowest BCUT2D eigenvalue weighted by molar-refractivity contribution is -0.142. The van der Waals surface area contributed by atoms with Gasteiger partial charge in [0.1, 0.15) is 36.5 Å². The molecule has 58 heavy (non-hydrogen) atoms. The van der Waals surface area contributed by atoms with Crippen LogP contribution in [0.25, 0.3) is 0 Å². The van der Waals surface area contributed by atoms with Crippen molar-refractivity contribution in [2.75, 3.05) is 19.7 Å². The Bertz CT molecular complexity index is 1660. The maximum atomic E-state index is 13.6. The number of carbonyl (C=O) groups is 7. The minimum Gasteiger partial charge on any atom is -0.394 e. The smallest absolute Gasteiger partial charge is 0.394 e. The molecule has 1 aliphatic heterocycles. The Labute approximate surface area is 334 Å². The summed E-state index contributed by atoms with van der Waals surface area (Å²) >= 11 is 0. The van der Waals surface area contributed by atoms with Gasteiger partial charge in [-0.1, -0.05) is 30.3 Å². The standard InChI is InChI=1S/C34H55N10O13P/c1-18(33(53)44-14-8-12-25(44)30(50)40-22(16-45)15-21-9-5-4-6-10-21)39-32(52)27(20(3)57-58(54,55)56)43-29(49)24(17-46)41-31(51)26(19(2)47)42-28(48)23(35)11-7-13-38-34(36)37/h4-6,9-10,16,18-20,22-27,46-47H,7-8,11-15,17,35H2,1-3H3,(H,39,52)(H,40,50)(H,41,51)(H,42,48)(H,43,49)(H4,36,37,38)(H2,54,55,56)/t18-,19+,20+,22-,23-,24-,25-,26-,27-/m0/s1. The number of aldehydes is 1. The highest BCUT2D eigenvalue weighted by Gasteiger charge is 2.40. The zero-order valence-electron chi connectivity index (χ0n) is 32.4. The Morgan fingerprint density at radius 3 is 2.14 bits per heavy atom. The summed E-state index contributed by atoms with van der Waals surface area (Å²) < 4.78 is 16.3. The van der Waals surface area contributed by atoms with Crippen LogP contribution in [0.5, 0.6) is 0 Å². The summed E-state index contributed by atoms with van der Waals surface area (Å²) in [6.45, 7) is 2.62. The first-order chi connectivity index (χ1) is 27.2. The molecule has 1 aromatic rings. The van der Waals surface area contributed by atoms with Crippen molar-refractivity contribution in [3.63, 3.8) is 0 Å². The third-order valence-electron chi connectivity index (χ3n) is 8.89. The minimum absolute atomic E-state index is 0.0892. The van der Waals surface area contributed by atoms with Crippen LogP contribution in [0, 0.1) is 0 Å². The Hall–Kier alpha value is -5.03. The van der Waals surface area contributed by atoms with E-state index in [0.717, 1.165) is 19.4 Å². The summed E-state index contributed by atoms with van der Waals surface area (Å²) in [7, 11) is -5.29. The Kier molecular flexibility index (Phi) is 19.8. The lowest BCUT2D eigenvalue weighted by atomic mass is 10.1. The summed E-state index contributed by atoms with van der Waals surface area (Å²) in [6.07, 6.45) is -1.48. The van der Waals surface area contributed by atoms with E-state index < -0.39 is 104 Å². The van der Waals surface area contributed by atoms with Gasteiger partial charge in [0.2, 0.25) is 35.4 Å². The first-order valence-electron chi connectivity index (χ1n) is 18.3. The molecule has 324 valence electrons. The fourth-order valence-electron chi connectivity index (χ4n) is 5.90.